The van der Waals surface area contributed by atoms with Crippen LogP contribution in [0, 0.1) is 0 Å². The van der Waals surface area contributed by atoms with E-state index >= 15 is 0 Å². The molecule has 2 aromatic rings. The number of ether oxygens (including phenoxy) is 2. The van der Waals surface area contributed by atoms with Gasteiger partial charge in [0.15, 0.2) is 0 Å². The summed E-state index contributed by atoms with van der Waals surface area (Å²) in [4.78, 5) is 0. The summed E-state index contributed by atoms with van der Waals surface area (Å²) in [6.45, 7) is 4.96. The number of rotatable bonds is 8. The van der Waals surface area contributed by atoms with E-state index in [-0.39, 0.29) is 6.04 Å². The monoisotopic (exact) mass is 273 g/mol. The van der Waals surface area contributed by atoms with Gasteiger partial charge in [0.1, 0.15) is 0 Å². The average Bonchev–Trinajstić information content (AvgIpc) is 2.50. The molecule has 0 spiro atoms. The number of fused-ring (bicyclic) bond motifs is 1. The van der Waals surface area contributed by atoms with Crippen LogP contribution in [-0.2, 0) is 9.47 Å². The standard InChI is InChI=1S/C17H23NO2/c1-3-18-17(13-20-12-11-19-2)16-10-6-8-14-7-4-5-9-15(14)16/h4-10,17-18H,3,11-13H2,1-2H3. The molecule has 0 amide bonds. The Kier molecular flexibility index (Phi) is 5.99. The van der Waals surface area contributed by atoms with Gasteiger partial charge in [0.2, 0.25) is 0 Å². The zero-order valence-electron chi connectivity index (χ0n) is 12.3. The lowest BCUT2D eigenvalue weighted by Crippen LogP contribution is -2.26. The zero-order chi connectivity index (χ0) is 14.2. The van der Waals surface area contributed by atoms with Crippen LogP contribution in [0.1, 0.15) is 18.5 Å². The van der Waals surface area contributed by atoms with Crippen LogP contribution in [-0.4, -0.2) is 33.5 Å². The minimum Gasteiger partial charge on any atom is -0.382 e. The topological polar surface area (TPSA) is 30.5 Å². The molecular weight excluding hydrogens is 250 g/mol. The summed E-state index contributed by atoms with van der Waals surface area (Å²) < 4.78 is 10.7. The van der Waals surface area contributed by atoms with Crippen LogP contribution in [0.5, 0.6) is 0 Å². The first-order valence-corrected chi connectivity index (χ1v) is 7.14. The van der Waals surface area contributed by atoms with E-state index < -0.39 is 0 Å². The third-order valence-electron chi connectivity index (χ3n) is 3.37. The smallest absolute Gasteiger partial charge is 0.0701 e. The molecule has 0 aliphatic heterocycles. The highest BCUT2D eigenvalue weighted by molar-refractivity contribution is 5.86. The summed E-state index contributed by atoms with van der Waals surface area (Å²) in [5.74, 6) is 0. The molecular formula is C17H23NO2. The molecule has 0 saturated carbocycles. The molecule has 0 heterocycles. The molecule has 0 bridgehead atoms. The van der Waals surface area contributed by atoms with Gasteiger partial charge in [0.25, 0.3) is 0 Å². The lowest BCUT2D eigenvalue weighted by Gasteiger charge is -2.20. The second-order valence-corrected chi connectivity index (χ2v) is 4.75. The Labute approximate surface area is 120 Å². The number of hydrogen-bond acceptors (Lipinski definition) is 3. The summed E-state index contributed by atoms with van der Waals surface area (Å²) in [5.41, 5.74) is 1.29. The van der Waals surface area contributed by atoms with E-state index in [4.69, 9.17) is 9.47 Å². The minimum atomic E-state index is 0.211. The lowest BCUT2D eigenvalue weighted by molar-refractivity contribution is 0.0590. The van der Waals surface area contributed by atoms with Gasteiger partial charge in [-0.05, 0) is 22.9 Å². The van der Waals surface area contributed by atoms with Crippen LogP contribution in [0.15, 0.2) is 42.5 Å². The van der Waals surface area contributed by atoms with Crippen molar-refractivity contribution in [1.82, 2.24) is 5.32 Å². The Hall–Kier alpha value is -1.42. The summed E-state index contributed by atoms with van der Waals surface area (Å²) in [6.07, 6.45) is 0. The summed E-state index contributed by atoms with van der Waals surface area (Å²) >= 11 is 0. The van der Waals surface area contributed by atoms with Gasteiger partial charge in [-0.2, -0.15) is 0 Å². The van der Waals surface area contributed by atoms with E-state index in [9.17, 15) is 0 Å². The fraction of sp³-hybridized carbons (Fsp3) is 0.412. The van der Waals surface area contributed by atoms with E-state index in [0.717, 1.165) is 6.54 Å². The van der Waals surface area contributed by atoms with Crippen LogP contribution in [0.2, 0.25) is 0 Å². The van der Waals surface area contributed by atoms with Crippen LogP contribution in [0.3, 0.4) is 0 Å². The Bertz CT molecular complexity index is 522. The molecule has 20 heavy (non-hydrogen) atoms. The third-order valence-corrected chi connectivity index (χ3v) is 3.37. The van der Waals surface area contributed by atoms with Crippen molar-refractivity contribution >= 4 is 10.8 Å². The second kappa shape index (κ2) is 8.00. The molecule has 0 aliphatic rings. The first-order chi connectivity index (χ1) is 9.86. The lowest BCUT2D eigenvalue weighted by atomic mass is 9.99. The molecule has 1 N–H and O–H groups in total. The second-order valence-electron chi connectivity index (χ2n) is 4.75. The molecule has 3 heteroatoms. The van der Waals surface area contributed by atoms with Crippen molar-refractivity contribution in [2.75, 3.05) is 33.5 Å². The predicted molar refractivity (Wildman–Crippen MR) is 83.1 cm³/mol. The molecule has 0 aliphatic carbocycles. The summed E-state index contributed by atoms with van der Waals surface area (Å²) in [7, 11) is 1.69. The predicted octanol–water partition coefficient (Wildman–Crippen LogP) is 3.15. The molecule has 2 rings (SSSR count). The van der Waals surface area contributed by atoms with Crippen molar-refractivity contribution in [1.29, 1.82) is 0 Å². The number of methoxy groups -OCH3 is 1. The molecule has 1 unspecified atom stereocenters. The molecule has 0 radical (unpaired) electrons. The SMILES string of the molecule is CCNC(COCCOC)c1cccc2ccccc12. The molecule has 108 valence electrons. The summed E-state index contributed by atoms with van der Waals surface area (Å²) in [5, 5.41) is 6.06. The van der Waals surface area contributed by atoms with Crippen molar-refractivity contribution in [3.05, 3.63) is 48.0 Å². The zero-order valence-corrected chi connectivity index (χ0v) is 12.3. The fourth-order valence-corrected chi connectivity index (χ4v) is 2.40. The van der Waals surface area contributed by atoms with E-state index in [1.54, 1.807) is 7.11 Å². The minimum absolute atomic E-state index is 0.211. The van der Waals surface area contributed by atoms with E-state index in [1.807, 2.05) is 0 Å². The number of nitrogens with one attached hydrogen (secondary N) is 1. The number of benzene rings is 2. The van der Waals surface area contributed by atoms with Crippen molar-refractivity contribution in [3.63, 3.8) is 0 Å². The number of likely N-dealkylation sites (N-methyl/N-ethyl adjacent to an activating group) is 1. The van der Waals surface area contributed by atoms with Crippen molar-refractivity contribution in [2.45, 2.75) is 13.0 Å². The van der Waals surface area contributed by atoms with Crippen LogP contribution in [0.4, 0.5) is 0 Å². The van der Waals surface area contributed by atoms with Crippen LogP contribution in [0.25, 0.3) is 10.8 Å². The maximum Gasteiger partial charge on any atom is 0.0701 e. The molecule has 2 aromatic carbocycles. The Morgan fingerprint density at radius 3 is 2.65 bits per heavy atom. The first kappa shape index (κ1) is 15.0. The maximum absolute atomic E-state index is 5.70. The molecule has 0 aromatic heterocycles. The van der Waals surface area contributed by atoms with Gasteiger partial charge in [0.05, 0.1) is 25.9 Å². The van der Waals surface area contributed by atoms with Gasteiger partial charge >= 0.3 is 0 Å². The Balaban J connectivity index is 2.18. The van der Waals surface area contributed by atoms with Crippen LogP contribution < -0.4 is 5.32 Å². The highest BCUT2D eigenvalue weighted by Crippen LogP contribution is 2.24. The Morgan fingerprint density at radius 2 is 1.85 bits per heavy atom. The normalized spacial score (nSPS) is 12.7. The van der Waals surface area contributed by atoms with Crippen LogP contribution >= 0.6 is 0 Å². The third kappa shape index (κ3) is 3.79. The molecule has 3 nitrogen and oxygen atoms in total. The van der Waals surface area contributed by atoms with Gasteiger partial charge in [-0.3, -0.25) is 0 Å². The van der Waals surface area contributed by atoms with Crippen molar-refractivity contribution in [2.24, 2.45) is 0 Å². The Morgan fingerprint density at radius 1 is 1.05 bits per heavy atom. The van der Waals surface area contributed by atoms with E-state index in [2.05, 4.69) is 54.7 Å². The van der Waals surface area contributed by atoms with Gasteiger partial charge < -0.3 is 14.8 Å². The van der Waals surface area contributed by atoms with Crippen molar-refractivity contribution in [3.8, 4) is 0 Å². The van der Waals surface area contributed by atoms with Gasteiger partial charge in [-0.25, -0.2) is 0 Å². The maximum atomic E-state index is 5.70. The molecule has 0 saturated heterocycles. The molecule has 0 fully saturated rings. The van der Waals surface area contributed by atoms with E-state index in [1.165, 1.54) is 16.3 Å². The average molecular weight is 273 g/mol. The van der Waals surface area contributed by atoms with Gasteiger partial charge in [-0.1, -0.05) is 49.4 Å². The highest BCUT2D eigenvalue weighted by Gasteiger charge is 2.13. The van der Waals surface area contributed by atoms with E-state index in [0.29, 0.717) is 19.8 Å². The highest BCUT2D eigenvalue weighted by atomic mass is 16.5. The van der Waals surface area contributed by atoms with Crippen molar-refractivity contribution < 1.29 is 9.47 Å². The molecule has 1 atom stereocenters. The quantitative estimate of drug-likeness (QED) is 0.749. The number of hydrogen-bond donors (Lipinski definition) is 1. The first-order valence-electron chi connectivity index (χ1n) is 7.14. The summed E-state index contributed by atoms with van der Waals surface area (Å²) in [6, 6.07) is 15.1. The van der Waals surface area contributed by atoms with Gasteiger partial charge in [0, 0.05) is 7.11 Å². The fourth-order valence-electron chi connectivity index (χ4n) is 2.40. The largest absolute Gasteiger partial charge is 0.382 e. The van der Waals surface area contributed by atoms with Gasteiger partial charge in [-0.15, -0.1) is 0 Å².